The highest BCUT2D eigenvalue weighted by atomic mass is 16.5. The third-order valence-corrected chi connectivity index (χ3v) is 9.44. The predicted octanol–water partition coefficient (Wildman–Crippen LogP) is 6.05. The molecule has 3 saturated carbocycles. The van der Waals surface area contributed by atoms with E-state index in [0.717, 1.165) is 36.8 Å². The Balaban J connectivity index is 1.78. The lowest BCUT2D eigenvalue weighted by molar-refractivity contribution is -0.162. The zero-order chi connectivity index (χ0) is 27.8. The van der Waals surface area contributed by atoms with Gasteiger partial charge < -0.3 is 20.1 Å². The van der Waals surface area contributed by atoms with Crippen molar-refractivity contribution >= 4 is 5.97 Å². The molecular formula is C32H50O5. The third-order valence-electron chi connectivity index (χ3n) is 9.44. The fraction of sp³-hybridized carbons (Fsp3) is 0.719. The van der Waals surface area contributed by atoms with Crippen LogP contribution >= 0.6 is 0 Å². The van der Waals surface area contributed by atoms with E-state index < -0.39 is 23.7 Å². The van der Waals surface area contributed by atoms with Gasteiger partial charge in [0, 0.05) is 6.42 Å². The molecule has 0 unspecified atom stereocenters. The van der Waals surface area contributed by atoms with Gasteiger partial charge in [0.15, 0.2) is 0 Å². The summed E-state index contributed by atoms with van der Waals surface area (Å²) < 4.78 is 5.37. The highest BCUT2D eigenvalue weighted by molar-refractivity contribution is 5.77. The largest absolute Gasteiger partial charge is 0.462 e. The summed E-state index contributed by atoms with van der Waals surface area (Å²) in [5, 5.41) is 31.2. The van der Waals surface area contributed by atoms with E-state index in [2.05, 4.69) is 45.6 Å². The van der Waals surface area contributed by atoms with E-state index in [1.54, 1.807) is 19.9 Å². The number of rotatable bonds is 7. The molecule has 0 aromatic heterocycles. The number of fused-ring (bicyclic) bond motifs is 1. The van der Waals surface area contributed by atoms with Crippen molar-refractivity contribution in [3.63, 3.8) is 0 Å². The molecule has 5 nitrogen and oxygen atoms in total. The normalized spacial score (nSPS) is 34.4. The van der Waals surface area contributed by atoms with Crippen molar-refractivity contribution in [2.24, 2.45) is 28.1 Å². The molecule has 0 bridgehead atoms. The summed E-state index contributed by atoms with van der Waals surface area (Å²) >= 11 is 0. The maximum atomic E-state index is 12.5. The van der Waals surface area contributed by atoms with E-state index >= 15 is 0 Å². The first-order valence-electron chi connectivity index (χ1n) is 14.1. The smallest absolute Gasteiger partial charge is 0.314 e. The molecule has 0 radical (unpaired) electrons. The van der Waals surface area contributed by atoms with Crippen LogP contribution in [0.5, 0.6) is 0 Å². The molecule has 0 aliphatic heterocycles. The lowest BCUT2D eigenvalue weighted by Crippen LogP contribution is -2.40. The van der Waals surface area contributed by atoms with Crippen LogP contribution in [-0.2, 0) is 9.53 Å². The van der Waals surface area contributed by atoms with Gasteiger partial charge in [0.05, 0.1) is 29.8 Å². The Morgan fingerprint density at radius 1 is 1.16 bits per heavy atom. The van der Waals surface area contributed by atoms with Crippen LogP contribution in [0.4, 0.5) is 0 Å². The van der Waals surface area contributed by atoms with Gasteiger partial charge in [-0.05, 0) is 100 Å². The number of allylic oxidation sites excluding steroid dienone is 4. The second kappa shape index (κ2) is 11.2. The minimum Gasteiger partial charge on any atom is -0.462 e. The van der Waals surface area contributed by atoms with Crippen LogP contribution in [0.25, 0.3) is 0 Å². The highest BCUT2D eigenvalue weighted by Gasteiger charge is 2.53. The van der Waals surface area contributed by atoms with Crippen LogP contribution in [-0.4, -0.2) is 45.7 Å². The van der Waals surface area contributed by atoms with Crippen LogP contribution < -0.4 is 0 Å². The van der Waals surface area contributed by atoms with Gasteiger partial charge in [0.1, 0.15) is 0 Å². The molecule has 208 valence electrons. The zero-order valence-electron chi connectivity index (χ0n) is 24.1. The van der Waals surface area contributed by atoms with E-state index in [4.69, 9.17) is 4.74 Å². The first-order chi connectivity index (χ1) is 17.1. The Labute approximate surface area is 224 Å². The maximum Gasteiger partial charge on any atom is 0.314 e. The van der Waals surface area contributed by atoms with Crippen LogP contribution in [0.3, 0.4) is 0 Å². The first-order valence-corrected chi connectivity index (χ1v) is 14.1. The lowest BCUT2D eigenvalue weighted by Gasteiger charge is -2.47. The van der Waals surface area contributed by atoms with Crippen molar-refractivity contribution in [2.45, 2.75) is 118 Å². The van der Waals surface area contributed by atoms with Crippen molar-refractivity contribution in [2.75, 3.05) is 0 Å². The molecule has 3 aliphatic carbocycles. The van der Waals surface area contributed by atoms with Crippen molar-refractivity contribution in [1.82, 2.24) is 0 Å². The van der Waals surface area contributed by atoms with Gasteiger partial charge in [0.25, 0.3) is 0 Å². The molecule has 6 atom stereocenters. The molecule has 0 saturated heterocycles. The van der Waals surface area contributed by atoms with E-state index in [1.807, 2.05) is 13.8 Å². The Morgan fingerprint density at radius 3 is 2.49 bits per heavy atom. The maximum absolute atomic E-state index is 12.5. The number of carbonyl (C=O) groups excluding carboxylic acids is 1. The second-order valence-electron chi connectivity index (χ2n) is 13.4. The monoisotopic (exact) mass is 514 g/mol. The van der Waals surface area contributed by atoms with Crippen LogP contribution in [0.1, 0.15) is 93.4 Å². The minimum atomic E-state index is -1.02. The number of hydrogen-bond donors (Lipinski definition) is 3. The van der Waals surface area contributed by atoms with Gasteiger partial charge in [-0.25, -0.2) is 0 Å². The van der Waals surface area contributed by atoms with Gasteiger partial charge in [-0.15, -0.1) is 0 Å². The van der Waals surface area contributed by atoms with Gasteiger partial charge in [-0.2, -0.15) is 0 Å². The second-order valence-corrected chi connectivity index (χ2v) is 13.4. The van der Waals surface area contributed by atoms with Crippen LogP contribution in [0.15, 0.2) is 47.6 Å². The summed E-state index contributed by atoms with van der Waals surface area (Å²) in [6, 6.07) is 0. The molecule has 3 N–H and O–H groups in total. The van der Waals surface area contributed by atoms with Gasteiger partial charge in [0.2, 0.25) is 0 Å². The summed E-state index contributed by atoms with van der Waals surface area (Å²) in [7, 11) is 0. The SMILES string of the molecule is C=C1C(=CC=C2CCC[C@]3(C)[C@@H](C(C)(C)C=C[C@H](O)C(C)(C)C(=O)OC(C)C)CC[C@@H]23)C[C@@H](O)C[C@@H]1O. The summed E-state index contributed by atoms with van der Waals surface area (Å²) in [6.07, 6.45) is 12.5. The van der Waals surface area contributed by atoms with Crippen molar-refractivity contribution < 1.29 is 24.9 Å². The standard InChI is InChI=1S/C32H50O5/c1-20(2)37-29(36)31(6,7)28(35)15-17-30(4,5)27-14-13-25-22(10-9-16-32(25,27)8)11-12-23-18-24(33)19-26(34)21(23)3/h11-12,15,17,20,24-28,33-35H,3,9-10,13-14,16,18-19H2,1-2,4-8H3/t24-,25+,26+,27-,28+,32+/m1/s1. The summed E-state index contributed by atoms with van der Waals surface area (Å²) in [5.74, 6) is 0.552. The number of carbonyl (C=O) groups is 1. The Hall–Kier alpha value is -1.69. The Kier molecular flexibility index (Phi) is 9.04. The third kappa shape index (κ3) is 6.32. The molecule has 5 heteroatoms. The van der Waals surface area contributed by atoms with E-state index in [9.17, 15) is 20.1 Å². The lowest BCUT2D eigenvalue weighted by atomic mass is 9.57. The van der Waals surface area contributed by atoms with Gasteiger partial charge >= 0.3 is 5.97 Å². The molecule has 0 amide bonds. The fourth-order valence-electron chi connectivity index (χ4n) is 7.11. The molecule has 0 aromatic carbocycles. The molecule has 37 heavy (non-hydrogen) atoms. The van der Waals surface area contributed by atoms with Crippen LogP contribution in [0.2, 0.25) is 0 Å². The Bertz CT molecular complexity index is 952. The Morgan fingerprint density at radius 2 is 1.84 bits per heavy atom. The predicted molar refractivity (Wildman–Crippen MR) is 149 cm³/mol. The molecule has 3 aliphatic rings. The number of aliphatic hydroxyl groups is 3. The summed E-state index contributed by atoms with van der Waals surface area (Å²) in [4.78, 5) is 12.5. The molecule has 0 spiro atoms. The highest BCUT2D eigenvalue weighted by Crippen LogP contribution is 2.62. The summed E-state index contributed by atoms with van der Waals surface area (Å²) in [5.41, 5.74) is 2.14. The first kappa shape index (κ1) is 29.9. The molecule has 3 fully saturated rings. The van der Waals surface area contributed by atoms with E-state index in [-0.39, 0.29) is 22.9 Å². The average Bonchev–Trinajstić information content (AvgIpc) is 3.16. The summed E-state index contributed by atoms with van der Waals surface area (Å²) in [6.45, 7) is 18.1. The zero-order valence-corrected chi connectivity index (χ0v) is 24.1. The number of esters is 1. The molecular weight excluding hydrogens is 464 g/mol. The van der Waals surface area contributed by atoms with E-state index in [1.165, 1.54) is 12.0 Å². The molecule has 3 rings (SSSR count). The van der Waals surface area contributed by atoms with Gasteiger partial charge in [-0.1, -0.05) is 57.2 Å². The quantitative estimate of drug-likeness (QED) is 0.284. The average molecular weight is 515 g/mol. The minimum absolute atomic E-state index is 0.144. The van der Waals surface area contributed by atoms with Crippen molar-refractivity contribution in [3.05, 3.63) is 47.6 Å². The number of aliphatic hydroxyl groups excluding tert-OH is 3. The molecule has 0 heterocycles. The fourth-order valence-corrected chi connectivity index (χ4v) is 7.11. The topological polar surface area (TPSA) is 87.0 Å². The number of ether oxygens (including phenoxy) is 1. The van der Waals surface area contributed by atoms with Crippen molar-refractivity contribution in [1.29, 1.82) is 0 Å². The van der Waals surface area contributed by atoms with E-state index in [0.29, 0.717) is 24.7 Å². The van der Waals surface area contributed by atoms with Crippen molar-refractivity contribution in [3.8, 4) is 0 Å². The van der Waals surface area contributed by atoms with Crippen LogP contribution in [0, 0.1) is 28.1 Å². The number of hydrogen-bond acceptors (Lipinski definition) is 5. The molecule has 0 aromatic rings. The van der Waals surface area contributed by atoms with Gasteiger partial charge in [-0.3, -0.25) is 4.79 Å².